The molecule has 6 rings (SSSR count). The molecule has 1 aliphatic heterocycles. The van der Waals surface area contributed by atoms with Gasteiger partial charge in [-0.2, -0.15) is 8.42 Å². The van der Waals surface area contributed by atoms with Gasteiger partial charge < -0.3 is 20.1 Å². The average molecular weight is 636 g/mol. The third-order valence-electron chi connectivity index (χ3n) is 7.31. The second kappa shape index (κ2) is 14.0. The molecule has 12 nitrogen and oxygen atoms in total. The maximum atomic E-state index is 14.6. The van der Waals surface area contributed by atoms with Crippen LogP contribution in [0.3, 0.4) is 0 Å². The maximum absolute atomic E-state index is 14.6. The maximum Gasteiger partial charge on any atom is 0.294 e. The lowest BCUT2D eigenvalue weighted by Crippen LogP contribution is -2.47. The van der Waals surface area contributed by atoms with Crippen molar-refractivity contribution >= 4 is 33.1 Å². The number of hydrogen-bond donors (Lipinski definition) is 3. The van der Waals surface area contributed by atoms with Gasteiger partial charge in [0, 0.05) is 50.7 Å². The lowest BCUT2D eigenvalue weighted by atomic mass is 10.2. The summed E-state index contributed by atoms with van der Waals surface area (Å²) in [6.45, 7) is 6.27. The Bertz CT molecular complexity index is 1860. The third kappa shape index (κ3) is 7.72. The van der Waals surface area contributed by atoms with Crippen LogP contribution in [0.1, 0.15) is 5.56 Å². The normalized spacial score (nSPS) is 13.8. The summed E-state index contributed by atoms with van der Waals surface area (Å²) in [5, 5.41) is 12.3. The highest BCUT2D eigenvalue weighted by molar-refractivity contribution is 7.85. The quantitative estimate of drug-likeness (QED) is 0.213. The van der Waals surface area contributed by atoms with E-state index in [1.807, 2.05) is 49.5 Å². The zero-order valence-corrected chi connectivity index (χ0v) is 25.7. The number of imidazole rings is 1. The molecule has 0 bridgehead atoms. The number of halogens is 1. The number of aryl methyl sites for hydroxylation is 1. The number of β-amino-alcohol motifs (C(OH)–C–C–N with tert-alkyl or cyclic N) is 1. The summed E-state index contributed by atoms with van der Waals surface area (Å²) in [6.07, 6.45) is 4.57. The summed E-state index contributed by atoms with van der Waals surface area (Å²) in [5.74, 6) is 0.365. The number of fused-ring (bicyclic) bond motifs is 1. The van der Waals surface area contributed by atoms with Crippen LogP contribution in [0.5, 0.6) is 5.75 Å². The van der Waals surface area contributed by atoms with Crippen LogP contribution in [0.4, 0.5) is 21.7 Å². The minimum absolute atomic E-state index is 0.0666. The number of piperazine rings is 1. The summed E-state index contributed by atoms with van der Waals surface area (Å²) in [4.78, 5) is 17.3. The van der Waals surface area contributed by atoms with Crippen LogP contribution >= 0.6 is 0 Å². The highest BCUT2D eigenvalue weighted by Crippen LogP contribution is 2.32. The van der Waals surface area contributed by atoms with Crippen molar-refractivity contribution in [3.05, 3.63) is 90.6 Å². The molecule has 3 aromatic heterocycles. The first-order valence-corrected chi connectivity index (χ1v) is 15.6. The van der Waals surface area contributed by atoms with Gasteiger partial charge in [-0.1, -0.05) is 23.8 Å². The van der Waals surface area contributed by atoms with Crippen molar-refractivity contribution in [1.82, 2.24) is 24.3 Å². The molecule has 0 aliphatic carbocycles. The Balaban J connectivity index is 0.000000309. The second-order valence-electron chi connectivity index (χ2n) is 10.3. The highest BCUT2D eigenvalue weighted by atomic mass is 32.2. The molecular weight excluding hydrogens is 601 g/mol. The average Bonchev–Trinajstić information content (AvgIpc) is 3.47. The molecule has 3 N–H and O–H groups in total. The molecule has 0 unspecified atom stereocenters. The Morgan fingerprint density at radius 2 is 1.76 bits per heavy atom. The summed E-state index contributed by atoms with van der Waals surface area (Å²) >= 11 is 0. The third-order valence-corrected chi connectivity index (χ3v) is 8.18. The van der Waals surface area contributed by atoms with Crippen LogP contribution in [-0.2, 0) is 10.1 Å². The van der Waals surface area contributed by atoms with E-state index in [0.717, 1.165) is 43.6 Å². The Labute approximate surface area is 260 Å². The minimum Gasteiger partial charge on any atom is -0.494 e. The Morgan fingerprint density at radius 1 is 1.00 bits per heavy atom. The van der Waals surface area contributed by atoms with Gasteiger partial charge in [0.05, 0.1) is 42.4 Å². The molecule has 14 heteroatoms. The van der Waals surface area contributed by atoms with E-state index < -0.39 is 15.9 Å². The van der Waals surface area contributed by atoms with Crippen molar-refractivity contribution in [3.63, 3.8) is 0 Å². The van der Waals surface area contributed by atoms with E-state index in [1.165, 1.54) is 12.1 Å². The number of pyridine rings is 1. The van der Waals surface area contributed by atoms with Crippen LogP contribution in [0.15, 0.2) is 84.1 Å². The molecule has 0 atom stereocenters. The molecular formula is C31H34FN7O5S. The number of anilines is 3. The van der Waals surface area contributed by atoms with Crippen LogP contribution in [0.25, 0.3) is 17.0 Å². The molecule has 0 spiro atoms. The zero-order valence-electron chi connectivity index (χ0n) is 24.8. The van der Waals surface area contributed by atoms with Crippen molar-refractivity contribution in [2.45, 2.75) is 11.8 Å². The van der Waals surface area contributed by atoms with E-state index in [2.05, 4.69) is 30.1 Å². The van der Waals surface area contributed by atoms with Crippen LogP contribution in [0, 0.1) is 12.7 Å². The van der Waals surface area contributed by atoms with Gasteiger partial charge in [-0.3, -0.25) is 13.9 Å². The van der Waals surface area contributed by atoms with Gasteiger partial charge in [-0.25, -0.2) is 19.3 Å². The molecule has 0 saturated carbocycles. The van der Waals surface area contributed by atoms with E-state index in [4.69, 9.17) is 14.4 Å². The molecule has 0 radical (unpaired) electrons. The molecule has 4 heterocycles. The molecule has 1 saturated heterocycles. The van der Waals surface area contributed by atoms with Gasteiger partial charge in [0.2, 0.25) is 5.95 Å². The zero-order chi connectivity index (χ0) is 32.0. The lowest BCUT2D eigenvalue weighted by molar-refractivity contribution is 0.189. The van der Waals surface area contributed by atoms with E-state index in [-0.39, 0.29) is 23.1 Å². The van der Waals surface area contributed by atoms with E-state index >= 15 is 0 Å². The van der Waals surface area contributed by atoms with Gasteiger partial charge in [-0.05, 0) is 43.3 Å². The van der Waals surface area contributed by atoms with Gasteiger partial charge in [0.15, 0.2) is 5.82 Å². The fourth-order valence-electron chi connectivity index (χ4n) is 4.90. The number of ether oxygens (including phenoxy) is 1. The van der Waals surface area contributed by atoms with Crippen LogP contribution < -0.4 is 15.0 Å². The monoisotopic (exact) mass is 635 g/mol. The predicted octanol–water partition coefficient (Wildman–Crippen LogP) is 4.04. The molecule has 2 aromatic carbocycles. The summed E-state index contributed by atoms with van der Waals surface area (Å²) in [6, 6.07) is 17.5. The largest absolute Gasteiger partial charge is 0.494 e. The fourth-order valence-corrected chi connectivity index (χ4v) is 5.38. The van der Waals surface area contributed by atoms with E-state index in [9.17, 15) is 12.8 Å². The molecule has 45 heavy (non-hydrogen) atoms. The second-order valence-corrected chi connectivity index (χ2v) is 11.7. The number of benzene rings is 2. The Kier molecular flexibility index (Phi) is 9.88. The van der Waals surface area contributed by atoms with Gasteiger partial charge in [-0.15, -0.1) is 0 Å². The number of hydrogen-bond acceptors (Lipinski definition) is 10. The van der Waals surface area contributed by atoms with E-state index in [0.29, 0.717) is 29.3 Å². The van der Waals surface area contributed by atoms with Crippen molar-refractivity contribution in [1.29, 1.82) is 0 Å². The number of nitrogens with zero attached hydrogens (tertiary/aromatic N) is 6. The molecule has 1 fully saturated rings. The SMILES string of the molecule is COc1cc(N2CCN(CCO)CC2)ccc1Nc1ncc(F)c(-c2cnc3ccccn23)n1.Cc1ccc(S(=O)(=O)O)cc1. The van der Waals surface area contributed by atoms with Crippen LogP contribution in [0.2, 0.25) is 0 Å². The van der Waals surface area contributed by atoms with Gasteiger partial charge in [0.25, 0.3) is 10.1 Å². The molecule has 236 valence electrons. The first-order valence-electron chi connectivity index (χ1n) is 14.2. The molecule has 0 amide bonds. The standard InChI is InChI=1S/C24H26FN7O2.C7H8O3S/c1-34-21-14-17(31-10-8-30(9-11-31)12-13-33)5-6-19(21)28-24-27-15-18(25)23(29-24)20-16-26-22-4-2-3-7-32(20)22;1-6-2-4-7(5-3-6)11(8,9)10/h2-7,14-16,33H,8-13H2,1H3,(H,27,28,29);2-5H,1H3,(H,8,9,10). The smallest absolute Gasteiger partial charge is 0.294 e. The summed E-state index contributed by atoms with van der Waals surface area (Å²) < 4.78 is 51.6. The van der Waals surface area contributed by atoms with Crippen molar-refractivity contribution < 1.29 is 27.2 Å². The lowest BCUT2D eigenvalue weighted by Gasteiger charge is -2.36. The minimum atomic E-state index is -4.02. The van der Waals surface area contributed by atoms with Crippen molar-refractivity contribution in [2.75, 3.05) is 56.7 Å². The number of aromatic nitrogens is 4. The summed E-state index contributed by atoms with van der Waals surface area (Å²) in [5.41, 5.74) is 4.10. The first kappa shape index (κ1) is 31.8. The fraction of sp³-hybridized carbons (Fsp3) is 0.258. The Morgan fingerprint density at radius 3 is 2.44 bits per heavy atom. The first-order chi connectivity index (χ1) is 21.7. The topological polar surface area (TPSA) is 145 Å². The number of nitrogens with one attached hydrogen (secondary N) is 1. The molecule has 5 aromatic rings. The number of rotatable bonds is 8. The highest BCUT2D eigenvalue weighted by Gasteiger charge is 2.19. The number of aliphatic hydroxyl groups is 1. The van der Waals surface area contributed by atoms with Gasteiger partial charge in [0.1, 0.15) is 17.1 Å². The Hall–Kier alpha value is -4.63. The number of aliphatic hydroxyl groups excluding tert-OH is 1. The summed E-state index contributed by atoms with van der Waals surface area (Å²) in [7, 11) is -2.41. The van der Waals surface area contributed by atoms with Gasteiger partial charge >= 0.3 is 0 Å². The number of methoxy groups -OCH3 is 1. The molecule has 1 aliphatic rings. The van der Waals surface area contributed by atoms with E-state index in [1.54, 1.807) is 29.8 Å². The predicted molar refractivity (Wildman–Crippen MR) is 169 cm³/mol. The van der Waals surface area contributed by atoms with Crippen molar-refractivity contribution in [3.8, 4) is 17.1 Å². The van der Waals surface area contributed by atoms with Crippen molar-refractivity contribution in [2.24, 2.45) is 0 Å². The van der Waals surface area contributed by atoms with Crippen LogP contribution in [-0.4, -0.2) is 88.8 Å².